The molecule has 0 spiro atoms. The van der Waals surface area contributed by atoms with Crippen LogP contribution < -0.4 is 0 Å². The van der Waals surface area contributed by atoms with Gasteiger partial charge in [0.05, 0.1) is 16.0 Å². The molecule has 0 fully saturated rings. The highest BCUT2D eigenvalue weighted by Crippen LogP contribution is 2.31. The maximum atomic E-state index is 12.3. The first kappa shape index (κ1) is 16.7. The van der Waals surface area contributed by atoms with Crippen LogP contribution in [0.1, 0.15) is 15.9 Å². The van der Waals surface area contributed by atoms with Crippen molar-refractivity contribution in [1.29, 1.82) is 0 Å². The quantitative estimate of drug-likeness (QED) is 0.909. The number of carboxylic acid groups (broad SMARTS) is 1. The van der Waals surface area contributed by atoms with Crippen LogP contribution in [-0.2, 0) is 16.0 Å². The third-order valence-corrected chi connectivity index (χ3v) is 3.08. The minimum Gasteiger partial charge on any atom is -0.478 e. The van der Waals surface area contributed by atoms with Crippen LogP contribution in [-0.4, -0.2) is 25.7 Å². The van der Waals surface area contributed by atoms with Gasteiger partial charge in [0.2, 0.25) is 0 Å². The summed E-state index contributed by atoms with van der Waals surface area (Å²) in [5.74, 6) is -1.60. The molecular formula is C9H8ClF3O4S. The topological polar surface area (TPSA) is 71.4 Å². The van der Waals surface area contributed by atoms with Gasteiger partial charge in [-0.05, 0) is 18.2 Å². The highest BCUT2D eigenvalue weighted by atomic mass is 35.5. The predicted molar refractivity (Wildman–Crippen MR) is 58.8 cm³/mol. The maximum Gasteiger partial charge on any atom is 0.416 e. The van der Waals surface area contributed by atoms with Crippen LogP contribution in [0.25, 0.3) is 0 Å². The molecule has 102 valence electrons. The van der Waals surface area contributed by atoms with E-state index < -0.39 is 38.0 Å². The van der Waals surface area contributed by atoms with Gasteiger partial charge in [-0.2, -0.15) is 13.2 Å². The van der Waals surface area contributed by atoms with Gasteiger partial charge in [-0.25, -0.2) is 13.2 Å². The van der Waals surface area contributed by atoms with E-state index in [0.29, 0.717) is 24.5 Å². The summed E-state index contributed by atoms with van der Waals surface area (Å²) in [5, 5.41) is 8.68. The maximum absolute atomic E-state index is 12.3. The molecule has 0 amide bonds. The molecule has 0 aromatic heterocycles. The summed E-state index contributed by atoms with van der Waals surface area (Å²) in [5.41, 5.74) is -1.89. The lowest BCUT2D eigenvalue weighted by Gasteiger charge is -2.10. The van der Waals surface area contributed by atoms with Gasteiger partial charge in [-0.3, -0.25) is 0 Å². The minimum atomic E-state index is -4.73. The first-order valence-corrected chi connectivity index (χ1v) is 6.07. The molecule has 1 N–H and O–H groups in total. The van der Waals surface area contributed by atoms with E-state index in [0.717, 1.165) is 0 Å². The summed E-state index contributed by atoms with van der Waals surface area (Å²) < 4.78 is 59.5. The second-order valence-corrected chi connectivity index (χ2v) is 5.27. The predicted octanol–water partition coefficient (Wildman–Crippen LogP) is 2.23. The average molecular weight is 305 g/mol. The van der Waals surface area contributed by atoms with Crippen molar-refractivity contribution < 1.29 is 31.5 Å². The molecule has 4 nitrogen and oxygen atoms in total. The number of rotatable bonds is 2. The van der Waals surface area contributed by atoms with Gasteiger partial charge in [0.15, 0.2) is 9.84 Å². The number of sulfone groups is 1. The number of benzene rings is 1. The highest BCUT2D eigenvalue weighted by Gasteiger charge is 2.32. The fourth-order valence-electron chi connectivity index (χ4n) is 1.18. The number of hydrogen-bond donors (Lipinski definition) is 1. The number of carbonyl (C=O) groups is 1. The Morgan fingerprint density at radius 1 is 1.28 bits per heavy atom. The Kier molecular flexibility index (Phi) is 4.78. The molecule has 1 aromatic carbocycles. The van der Waals surface area contributed by atoms with E-state index in [1.807, 2.05) is 0 Å². The Morgan fingerprint density at radius 3 is 2.11 bits per heavy atom. The van der Waals surface area contributed by atoms with Crippen molar-refractivity contribution in [2.45, 2.75) is 11.1 Å². The van der Waals surface area contributed by atoms with E-state index in [2.05, 4.69) is 0 Å². The van der Waals surface area contributed by atoms with E-state index >= 15 is 0 Å². The highest BCUT2D eigenvalue weighted by molar-refractivity contribution is 7.90. The van der Waals surface area contributed by atoms with Crippen molar-refractivity contribution in [3.05, 3.63) is 29.3 Å². The normalized spacial score (nSPS) is 11.8. The zero-order chi connectivity index (χ0) is 13.4. The summed E-state index contributed by atoms with van der Waals surface area (Å²) in [6.07, 6.45) is -4.08. The summed E-state index contributed by atoms with van der Waals surface area (Å²) in [6, 6.07) is 1.47. The number of carboxylic acids is 1. The molecule has 0 saturated heterocycles. The Bertz CT molecular complexity index is 566. The summed E-state index contributed by atoms with van der Waals surface area (Å²) >= 11 is 0. The zero-order valence-corrected chi connectivity index (χ0v) is 10.5. The van der Waals surface area contributed by atoms with Crippen LogP contribution in [0, 0.1) is 0 Å². The van der Waals surface area contributed by atoms with E-state index in [-0.39, 0.29) is 12.4 Å². The fourth-order valence-corrected chi connectivity index (χ4v) is 2.08. The molecule has 0 saturated carbocycles. The molecule has 0 radical (unpaired) electrons. The van der Waals surface area contributed by atoms with Crippen LogP contribution in [0.5, 0.6) is 0 Å². The summed E-state index contributed by atoms with van der Waals surface area (Å²) in [6.45, 7) is 0. The number of aromatic carboxylic acids is 1. The number of halogens is 4. The van der Waals surface area contributed by atoms with Gasteiger partial charge in [-0.15, -0.1) is 12.4 Å². The van der Waals surface area contributed by atoms with Crippen LogP contribution in [0.15, 0.2) is 23.1 Å². The van der Waals surface area contributed by atoms with Crippen molar-refractivity contribution in [3.8, 4) is 0 Å². The first-order chi connectivity index (χ1) is 7.53. The molecule has 1 rings (SSSR count). The van der Waals surface area contributed by atoms with Crippen molar-refractivity contribution in [2.24, 2.45) is 0 Å². The zero-order valence-electron chi connectivity index (χ0n) is 8.85. The molecule has 0 aliphatic carbocycles. The second-order valence-electron chi connectivity index (χ2n) is 3.29. The van der Waals surface area contributed by atoms with Crippen molar-refractivity contribution in [1.82, 2.24) is 0 Å². The molecule has 0 bridgehead atoms. The standard InChI is InChI=1S/C9H7F3O4S.ClH/c1-17(15,16)7-4-5(9(10,11)12)2-3-6(7)8(13)14;/h2-4H,1H3,(H,13,14);1H. The average Bonchev–Trinajstić information content (AvgIpc) is 2.14. The molecule has 0 aliphatic rings. The van der Waals surface area contributed by atoms with Gasteiger partial charge in [0.1, 0.15) is 0 Å². The molecule has 0 aliphatic heterocycles. The molecule has 0 unspecified atom stereocenters. The molecule has 9 heteroatoms. The van der Waals surface area contributed by atoms with Crippen LogP contribution in [0.2, 0.25) is 0 Å². The Balaban J connectivity index is 0.00000289. The second kappa shape index (κ2) is 5.15. The van der Waals surface area contributed by atoms with Crippen LogP contribution in [0.4, 0.5) is 13.2 Å². The van der Waals surface area contributed by atoms with E-state index in [4.69, 9.17) is 5.11 Å². The third kappa shape index (κ3) is 3.61. The SMILES string of the molecule is CS(=O)(=O)c1cc(C(F)(F)F)ccc1C(=O)O.Cl. The lowest BCUT2D eigenvalue weighted by molar-refractivity contribution is -0.137. The van der Waals surface area contributed by atoms with Crippen molar-refractivity contribution in [3.63, 3.8) is 0 Å². The van der Waals surface area contributed by atoms with Gasteiger partial charge in [-0.1, -0.05) is 0 Å². The molecule has 1 aromatic rings. The van der Waals surface area contributed by atoms with Crippen molar-refractivity contribution >= 4 is 28.2 Å². The Hall–Kier alpha value is -1.28. The van der Waals surface area contributed by atoms with Gasteiger partial charge >= 0.3 is 12.1 Å². The smallest absolute Gasteiger partial charge is 0.416 e. The van der Waals surface area contributed by atoms with Crippen LogP contribution >= 0.6 is 12.4 Å². The van der Waals surface area contributed by atoms with E-state index in [1.165, 1.54) is 0 Å². The Labute approximate surface area is 107 Å². The number of alkyl halides is 3. The van der Waals surface area contributed by atoms with Gasteiger partial charge < -0.3 is 5.11 Å². The summed E-state index contributed by atoms with van der Waals surface area (Å²) in [4.78, 5) is 9.84. The first-order valence-electron chi connectivity index (χ1n) is 4.18. The number of hydrogen-bond acceptors (Lipinski definition) is 3. The van der Waals surface area contributed by atoms with Crippen molar-refractivity contribution in [2.75, 3.05) is 6.26 Å². The molecule has 0 atom stereocenters. The molecular weight excluding hydrogens is 297 g/mol. The molecule has 18 heavy (non-hydrogen) atoms. The third-order valence-electron chi connectivity index (χ3n) is 1.94. The molecule has 0 heterocycles. The Morgan fingerprint density at radius 2 is 1.78 bits per heavy atom. The fraction of sp³-hybridized carbons (Fsp3) is 0.222. The van der Waals surface area contributed by atoms with E-state index in [1.54, 1.807) is 0 Å². The monoisotopic (exact) mass is 304 g/mol. The minimum absolute atomic E-state index is 0. The lowest BCUT2D eigenvalue weighted by Crippen LogP contribution is -2.12. The van der Waals surface area contributed by atoms with Gasteiger partial charge in [0.25, 0.3) is 0 Å². The van der Waals surface area contributed by atoms with Crippen LogP contribution in [0.3, 0.4) is 0 Å². The summed E-state index contributed by atoms with van der Waals surface area (Å²) in [7, 11) is -4.04. The van der Waals surface area contributed by atoms with E-state index in [9.17, 15) is 26.4 Å². The lowest BCUT2D eigenvalue weighted by atomic mass is 10.1. The van der Waals surface area contributed by atoms with Gasteiger partial charge in [0, 0.05) is 6.26 Å². The largest absolute Gasteiger partial charge is 0.478 e.